The molecule has 2 rings (SSSR count). The Labute approximate surface area is 99.7 Å². The van der Waals surface area contributed by atoms with Crippen LogP contribution in [-0.4, -0.2) is 21.2 Å². The molecule has 16 heavy (non-hydrogen) atoms. The zero-order chi connectivity index (χ0) is 11.5. The van der Waals surface area contributed by atoms with Crippen LogP contribution in [0.1, 0.15) is 0 Å². The van der Waals surface area contributed by atoms with Gasteiger partial charge in [-0.25, -0.2) is 9.78 Å². The number of halogens is 1. The molecule has 5 nitrogen and oxygen atoms in total. The largest absolute Gasteiger partial charge is 0.465 e. The van der Waals surface area contributed by atoms with E-state index >= 15 is 0 Å². The highest BCUT2D eigenvalue weighted by Gasteiger charge is 2.12. The van der Waals surface area contributed by atoms with Gasteiger partial charge in [0, 0.05) is 18.0 Å². The molecule has 7 heteroatoms. The minimum absolute atomic E-state index is 0.145. The number of rotatable bonds is 2. The number of pyridine rings is 1. The number of carbonyl (C=O) groups is 1. The summed E-state index contributed by atoms with van der Waals surface area (Å²) in [6.07, 6.45) is 2.12. The van der Waals surface area contributed by atoms with E-state index in [2.05, 4.69) is 15.3 Å². The first kappa shape index (κ1) is 10.8. The summed E-state index contributed by atoms with van der Waals surface area (Å²) < 4.78 is 0. The highest BCUT2D eigenvalue weighted by Crippen LogP contribution is 2.34. The SMILES string of the molecule is O=C(O)Nc1sc(-c2cccnc2)nc1Cl. The molecule has 0 saturated heterocycles. The second-order valence-corrected chi connectivity index (χ2v) is 4.17. The first-order valence-corrected chi connectivity index (χ1v) is 5.43. The number of thiazole rings is 1. The van der Waals surface area contributed by atoms with Crippen LogP contribution in [0.25, 0.3) is 10.6 Å². The molecule has 0 aromatic carbocycles. The normalized spacial score (nSPS) is 10.1. The standard InChI is InChI=1S/C9H6ClN3O2S/c10-6-8(13-9(14)15)16-7(12-6)5-2-1-3-11-4-5/h1-4,13H,(H,14,15). The molecule has 0 unspecified atom stereocenters. The molecule has 0 aliphatic heterocycles. The van der Waals surface area contributed by atoms with E-state index in [4.69, 9.17) is 16.7 Å². The molecule has 82 valence electrons. The Morgan fingerprint density at radius 1 is 1.56 bits per heavy atom. The fourth-order valence-corrected chi connectivity index (χ4v) is 2.22. The summed E-state index contributed by atoms with van der Waals surface area (Å²) in [4.78, 5) is 18.5. The highest BCUT2D eigenvalue weighted by molar-refractivity contribution is 7.19. The Kier molecular flexibility index (Phi) is 3.02. The van der Waals surface area contributed by atoms with Gasteiger partial charge >= 0.3 is 6.09 Å². The van der Waals surface area contributed by atoms with Crippen LogP contribution >= 0.6 is 22.9 Å². The summed E-state index contributed by atoms with van der Waals surface area (Å²) >= 11 is 6.96. The zero-order valence-corrected chi connectivity index (χ0v) is 9.42. The predicted molar refractivity (Wildman–Crippen MR) is 62.0 cm³/mol. The molecule has 0 atom stereocenters. The van der Waals surface area contributed by atoms with E-state index in [1.165, 1.54) is 11.3 Å². The molecule has 0 spiro atoms. The van der Waals surface area contributed by atoms with Crippen molar-refractivity contribution in [1.82, 2.24) is 9.97 Å². The van der Waals surface area contributed by atoms with Crippen LogP contribution in [0.4, 0.5) is 9.80 Å². The lowest BCUT2D eigenvalue weighted by Crippen LogP contribution is -2.05. The molecule has 2 aromatic heterocycles. The predicted octanol–water partition coefficient (Wildman–Crippen LogP) is 2.95. The Hall–Kier alpha value is -1.66. The highest BCUT2D eigenvalue weighted by atomic mass is 35.5. The molecule has 0 aliphatic rings. The van der Waals surface area contributed by atoms with Gasteiger partial charge in [0.2, 0.25) is 0 Å². The van der Waals surface area contributed by atoms with Crippen LogP contribution in [-0.2, 0) is 0 Å². The molecular formula is C9H6ClN3O2S. The fraction of sp³-hybridized carbons (Fsp3) is 0. The summed E-state index contributed by atoms with van der Waals surface area (Å²) in [6, 6.07) is 3.60. The van der Waals surface area contributed by atoms with Crippen LogP contribution in [0.3, 0.4) is 0 Å². The van der Waals surface area contributed by atoms with Crippen molar-refractivity contribution in [3.63, 3.8) is 0 Å². The van der Waals surface area contributed by atoms with Crippen molar-refractivity contribution >= 4 is 34.0 Å². The first-order valence-electron chi connectivity index (χ1n) is 4.23. The van der Waals surface area contributed by atoms with Gasteiger partial charge in [-0.05, 0) is 12.1 Å². The molecule has 2 heterocycles. The fourth-order valence-electron chi connectivity index (χ4n) is 1.09. The summed E-state index contributed by atoms with van der Waals surface area (Å²) in [5, 5.41) is 11.8. The van der Waals surface area contributed by atoms with Crippen molar-refractivity contribution < 1.29 is 9.90 Å². The summed E-state index contributed by atoms with van der Waals surface area (Å²) in [7, 11) is 0. The van der Waals surface area contributed by atoms with Crippen molar-refractivity contribution in [2.24, 2.45) is 0 Å². The maximum absolute atomic E-state index is 10.5. The van der Waals surface area contributed by atoms with Crippen molar-refractivity contribution in [3.05, 3.63) is 29.7 Å². The number of anilines is 1. The lowest BCUT2D eigenvalue weighted by molar-refractivity contribution is 0.210. The Bertz CT molecular complexity index is 515. The Morgan fingerprint density at radius 2 is 2.38 bits per heavy atom. The molecular weight excluding hydrogens is 250 g/mol. The van der Waals surface area contributed by atoms with E-state index in [0.29, 0.717) is 10.0 Å². The molecule has 0 fully saturated rings. The van der Waals surface area contributed by atoms with Crippen molar-refractivity contribution in [2.45, 2.75) is 0 Å². The first-order chi connectivity index (χ1) is 7.66. The number of hydrogen-bond acceptors (Lipinski definition) is 4. The Balaban J connectivity index is 2.34. The van der Waals surface area contributed by atoms with Crippen molar-refractivity contribution in [3.8, 4) is 10.6 Å². The molecule has 1 amide bonds. The van der Waals surface area contributed by atoms with Crippen LogP contribution in [0.15, 0.2) is 24.5 Å². The smallest absolute Gasteiger partial charge is 0.409 e. The third-order valence-electron chi connectivity index (χ3n) is 1.71. The number of amides is 1. The van der Waals surface area contributed by atoms with E-state index in [1.54, 1.807) is 18.5 Å². The maximum Gasteiger partial charge on any atom is 0.409 e. The zero-order valence-electron chi connectivity index (χ0n) is 7.85. The molecule has 2 N–H and O–H groups in total. The molecule has 0 radical (unpaired) electrons. The number of hydrogen-bond donors (Lipinski definition) is 2. The van der Waals surface area contributed by atoms with E-state index in [1.807, 2.05) is 6.07 Å². The average molecular weight is 256 g/mol. The quantitative estimate of drug-likeness (QED) is 0.865. The summed E-state index contributed by atoms with van der Waals surface area (Å²) in [5.74, 6) is 0. The lowest BCUT2D eigenvalue weighted by atomic mass is 10.3. The van der Waals surface area contributed by atoms with Crippen LogP contribution in [0, 0.1) is 0 Å². The Morgan fingerprint density at radius 3 is 3.00 bits per heavy atom. The summed E-state index contributed by atoms with van der Waals surface area (Å²) in [6.45, 7) is 0. The molecule has 0 bridgehead atoms. The van der Waals surface area contributed by atoms with Crippen LogP contribution < -0.4 is 5.32 Å². The number of aromatic nitrogens is 2. The third-order valence-corrected chi connectivity index (χ3v) is 3.12. The van der Waals surface area contributed by atoms with Crippen molar-refractivity contribution in [2.75, 3.05) is 5.32 Å². The van der Waals surface area contributed by atoms with E-state index < -0.39 is 6.09 Å². The van der Waals surface area contributed by atoms with Crippen LogP contribution in [0.5, 0.6) is 0 Å². The number of nitrogens with zero attached hydrogens (tertiary/aromatic N) is 2. The monoisotopic (exact) mass is 255 g/mol. The van der Waals surface area contributed by atoms with E-state index in [-0.39, 0.29) is 5.15 Å². The minimum Gasteiger partial charge on any atom is -0.465 e. The van der Waals surface area contributed by atoms with Gasteiger partial charge in [0.15, 0.2) is 5.15 Å². The topological polar surface area (TPSA) is 75.1 Å². The van der Waals surface area contributed by atoms with Crippen LogP contribution in [0.2, 0.25) is 5.15 Å². The van der Waals surface area contributed by atoms with Gasteiger partial charge in [-0.15, -0.1) is 0 Å². The second kappa shape index (κ2) is 4.46. The molecule has 2 aromatic rings. The van der Waals surface area contributed by atoms with Gasteiger partial charge in [-0.3, -0.25) is 10.3 Å². The average Bonchev–Trinajstić information content (AvgIpc) is 2.61. The van der Waals surface area contributed by atoms with Gasteiger partial charge in [0.1, 0.15) is 10.0 Å². The van der Waals surface area contributed by atoms with Crippen molar-refractivity contribution in [1.29, 1.82) is 0 Å². The van der Waals surface area contributed by atoms with Gasteiger partial charge in [-0.2, -0.15) is 0 Å². The van der Waals surface area contributed by atoms with E-state index in [9.17, 15) is 4.79 Å². The molecule has 0 aliphatic carbocycles. The maximum atomic E-state index is 10.5. The number of carboxylic acid groups (broad SMARTS) is 1. The second-order valence-electron chi connectivity index (χ2n) is 2.81. The van der Waals surface area contributed by atoms with Gasteiger partial charge in [0.25, 0.3) is 0 Å². The third kappa shape index (κ3) is 2.29. The minimum atomic E-state index is -1.16. The number of nitrogens with one attached hydrogen (secondary N) is 1. The van der Waals surface area contributed by atoms with Gasteiger partial charge < -0.3 is 5.11 Å². The van der Waals surface area contributed by atoms with Gasteiger partial charge in [-0.1, -0.05) is 22.9 Å². The van der Waals surface area contributed by atoms with Gasteiger partial charge in [0.05, 0.1) is 0 Å². The lowest BCUT2D eigenvalue weighted by Gasteiger charge is -1.93. The van der Waals surface area contributed by atoms with E-state index in [0.717, 1.165) is 5.56 Å². The summed E-state index contributed by atoms with van der Waals surface area (Å²) in [5.41, 5.74) is 0.799. The molecule has 0 saturated carbocycles.